The van der Waals surface area contributed by atoms with Crippen molar-refractivity contribution in [1.29, 1.82) is 0 Å². The first-order valence-corrected chi connectivity index (χ1v) is 9.99. The molecule has 4 nitrogen and oxygen atoms in total. The summed E-state index contributed by atoms with van der Waals surface area (Å²) in [6.45, 7) is 1.67. The lowest BCUT2D eigenvalue weighted by Crippen LogP contribution is -2.21. The Bertz CT molecular complexity index is 350. The Morgan fingerprint density at radius 1 is 0.920 bits per heavy atom. The molecule has 2 N–H and O–H groups in total. The van der Waals surface area contributed by atoms with Gasteiger partial charge in [0.1, 0.15) is 12.7 Å². The summed E-state index contributed by atoms with van der Waals surface area (Å²) in [5, 5.41) is 17.6. The fraction of sp³-hybridized carbons (Fsp3) is 0.762. The van der Waals surface area contributed by atoms with Gasteiger partial charge in [-0.05, 0) is 12.8 Å². The molecule has 0 spiro atoms. The van der Waals surface area contributed by atoms with E-state index >= 15 is 0 Å². The third-order valence-electron chi connectivity index (χ3n) is 4.08. The predicted octanol–water partition coefficient (Wildman–Crippen LogP) is 4.70. The molecule has 0 aliphatic carbocycles. The number of esters is 1. The van der Waals surface area contributed by atoms with Gasteiger partial charge in [-0.25, -0.2) is 4.79 Å². The molecule has 0 aliphatic rings. The highest BCUT2D eigenvalue weighted by Gasteiger charge is 2.04. The molecule has 0 bridgehead atoms. The van der Waals surface area contributed by atoms with Crippen molar-refractivity contribution in [2.45, 2.75) is 90.1 Å². The largest absolute Gasteiger partial charge is 0.460 e. The number of carbonyl (C=O) groups is 1. The maximum atomic E-state index is 11.3. The van der Waals surface area contributed by atoms with Crippen molar-refractivity contribution in [2.75, 3.05) is 13.2 Å². The third kappa shape index (κ3) is 19.0. The van der Waals surface area contributed by atoms with E-state index in [1.54, 1.807) is 6.08 Å². The SMILES string of the molecule is CCCCCCCCCCCCC/C=C/C=C/C(=O)OC[C@@H](O)CO. The van der Waals surface area contributed by atoms with Crippen molar-refractivity contribution in [3.8, 4) is 0 Å². The van der Waals surface area contributed by atoms with Gasteiger partial charge in [-0.15, -0.1) is 0 Å². The number of aliphatic hydroxyl groups is 2. The molecule has 0 aromatic rings. The highest BCUT2D eigenvalue weighted by atomic mass is 16.5. The summed E-state index contributed by atoms with van der Waals surface area (Å²) >= 11 is 0. The number of rotatable bonds is 17. The van der Waals surface area contributed by atoms with E-state index in [2.05, 4.69) is 13.0 Å². The average Bonchev–Trinajstić information content (AvgIpc) is 2.62. The summed E-state index contributed by atoms with van der Waals surface area (Å²) in [6.07, 6.45) is 21.7. The molecule has 146 valence electrons. The van der Waals surface area contributed by atoms with Crippen LogP contribution in [0.25, 0.3) is 0 Å². The van der Waals surface area contributed by atoms with Crippen molar-refractivity contribution in [3.05, 3.63) is 24.3 Å². The summed E-state index contributed by atoms with van der Waals surface area (Å²) in [7, 11) is 0. The first-order valence-electron chi connectivity index (χ1n) is 9.99. The molecule has 1 atom stereocenters. The quantitative estimate of drug-likeness (QED) is 0.172. The molecule has 0 aromatic heterocycles. The van der Waals surface area contributed by atoms with Crippen LogP contribution in [-0.2, 0) is 9.53 Å². The minimum Gasteiger partial charge on any atom is -0.460 e. The van der Waals surface area contributed by atoms with E-state index in [9.17, 15) is 4.79 Å². The van der Waals surface area contributed by atoms with Gasteiger partial charge in [0, 0.05) is 6.08 Å². The van der Waals surface area contributed by atoms with Crippen molar-refractivity contribution < 1.29 is 19.7 Å². The Balaban J connectivity index is 3.34. The number of aliphatic hydroxyl groups excluding tert-OH is 2. The fourth-order valence-electron chi connectivity index (χ4n) is 2.51. The van der Waals surface area contributed by atoms with Crippen LogP contribution in [0.1, 0.15) is 84.0 Å². The lowest BCUT2D eigenvalue weighted by Gasteiger charge is -2.05. The Hall–Kier alpha value is -1.13. The van der Waals surface area contributed by atoms with E-state index in [4.69, 9.17) is 14.9 Å². The Morgan fingerprint density at radius 3 is 2.04 bits per heavy atom. The Labute approximate surface area is 154 Å². The van der Waals surface area contributed by atoms with Crippen LogP contribution in [0.5, 0.6) is 0 Å². The summed E-state index contributed by atoms with van der Waals surface area (Å²) in [6, 6.07) is 0. The maximum Gasteiger partial charge on any atom is 0.330 e. The van der Waals surface area contributed by atoms with Gasteiger partial charge in [0.25, 0.3) is 0 Å². The fourth-order valence-corrected chi connectivity index (χ4v) is 2.51. The third-order valence-corrected chi connectivity index (χ3v) is 4.08. The average molecular weight is 355 g/mol. The number of ether oxygens (including phenoxy) is 1. The van der Waals surface area contributed by atoms with Crippen molar-refractivity contribution >= 4 is 5.97 Å². The van der Waals surface area contributed by atoms with Crippen molar-refractivity contribution in [1.82, 2.24) is 0 Å². The first-order chi connectivity index (χ1) is 12.2. The van der Waals surface area contributed by atoms with Crippen LogP contribution in [0.2, 0.25) is 0 Å². The van der Waals surface area contributed by atoms with Gasteiger partial charge in [0.15, 0.2) is 0 Å². The van der Waals surface area contributed by atoms with Crippen molar-refractivity contribution in [2.24, 2.45) is 0 Å². The summed E-state index contributed by atoms with van der Waals surface area (Å²) in [5.74, 6) is -0.508. The van der Waals surface area contributed by atoms with Crippen LogP contribution in [0, 0.1) is 0 Å². The molecule has 0 aliphatic heterocycles. The van der Waals surface area contributed by atoms with Gasteiger partial charge in [-0.1, -0.05) is 89.4 Å². The zero-order valence-corrected chi connectivity index (χ0v) is 16.0. The van der Waals surface area contributed by atoms with Gasteiger partial charge in [-0.3, -0.25) is 0 Å². The van der Waals surface area contributed by atoms with Crippen LogP contribution < -0.4 is 0 Å². The second-order valence-corrected chi connectivity index (χ2v) is 6.58. The molecule has 4 heteroatoms. The highest BCUT2D eigenvalue weighted by Crippen LogP contribution is 2.11. The topological polar surface area (TPSA) is 66.8 Å². The minimum absolute atomic E-state index is 0.178. The molecule has 25 heavy (non-hydrogen) atoms. The minimum atomic E-state index is -1.01. The van der Waals surface area contributed by atoms with Gasteiger partial charge >= 0.3 is 5.97 Å². The zero-order chi connectivity index (χ0) is 18.6. The van der Waals surface area contributed by atoms with E-state index in [1.807, 2.05) is 6.08 Å². The molecule has 0 aromatic carbocycles. The van der Waals surface area contributed by atoms with Crippen LogP contribution in [-0.4, -0.2) is 35.5 Å². The normalized spacial score (nSPS) is 12.9. The second kappa shape index (κ2) is 19.2. The second-order valence-electron chi connectivity index (χ2n) is 6.58. The van der Waals surface area contributed by atoms with Gasteiger partial charge in [0.2, 0.25) is 0 Å². The van der Waals surface area contributed by atoms with E-state index in [0.29, 0.717) is 0 Å². The molecular weight excluding hydrogens is 316 g/mol. The predicted molar refractivity (Wildman–Crippen MR) is 103 cm³/mol. The number of hydrogen-bond acceptors (Lipinski definition) is 4. The Kier molecular flexibility index (Phi) is 18.3. The molecule has 0 saturated carbocycles. The van der Waals surface area contributed by atoms with Crippen molar-refractivity contribution in [3.63, 3.8) is 0 Å². The number of allylic oxidation sites excluding steroid dienone is 3. The Morgan fingerprint density at radius 2 is 1.48 bits per heavy atom. The molecule has 0 fully saturated rings. The first kappa shape index (κ1) is 23.9. The summed E-state index contributed by atoms with van der Waals surface area (Å²) in [4.78, 5) is 11.3. The number of carbonyl (C=O) groups excluding carboxylic acids is 1. The van der Waals surface area contributed by atoms with Gasteiger partial charge in [0.05, 0.1) is 6.61 Å². The molecule has 0 radical (unpaired) electrons. The van der Waals surface area contributed by atoms with Gasteiger partial charge < -0.3 is 14.9 Å². The summed E-state index contributed by atoms with van der Waals surface area (Å²) in [5.41, 5.74) is 0. The lowest BCUT2D eigenvalue weighted by atomic mass is 10.1. The smallest absolute Gasteiger partial charge is 0.330 e. The molecule has 0 unspecified atom stereocenters. The van der Waals surface area contributed by atoms with Crippen LogP contribution >= 0.6 is 0 Å². The standard InChI is InChI=1S/C21H38O4/c1-2-3-4-5-6-7-8-9-10-11-12-13-14-15-16-17-21(24)25-19-20(23)18-22/h14-17,20,22-23H,2-13,18-19H2,1H3/b15-14+,17-16+/t20-/m0/s1. The van der Waals surface area contributed by atoms with E-state index in [1.165, 1.54) is 76.7 Å². The summed E-state index contributed by atoms with van der Waals surface area (Å²) < 4.78 is 4.74. The van der Waals surface area contributed by atoms with Crippen LogP contribution in [0.3, 0.4) is 0 Å². The van der Waals surface area contributed by atoms with Gasteiger partial charge in [-0.2, -0.15) is 0 Å². The van der Waals surface area contributed by atoms with Crippen LogP contribution in [0.4, 0.5) is 0 Å². The van der Waals surface area contributed by atoms with E-state index < -0.39 is 18.7 Å². The zero-order valence-electron chi connectivity index (χ0n) is 16.0. The van der Waals surface area contributed by atoms with Crippen LogP contribution in [0.15, 0.2) is 24.3 Å². The number of unbranched alkanes of at least 4 members (excludes halogenated alkanes) is 11. The maximum absolute atomic E-state index is 11.3. The lowest BCUT2D eigenvalue weighted by molar-refractivity contribution is -0.141. The monoisotopic (exact) mass is 354 g/mol. The molecule has 0 heterocycles. The molecular formula is C21H38O4. The number of hydrogen-bond donors (Lipinski definition) is 2. The molecule has 0 rings (SSSR count). The highest BCUT2D eigenvalue weighted by molar-refractivity contribution is 5.82. The van der Waals surface area contributed by atoms with E-state index in [-0.39, 0.29) is 6.61 Å². The molecule has 0 amide bonds. The van der Waals surface area contributed by atoms with E-state index in [0.717, 1.165) is 6.42 Å². The molecule has 0 saturated heterocycles.